The fourth-order valence-electron chi connectivity index (χ4n) is 1.59. The van der Waals surface area contributed by atoms with Crippen molar-refractivity contribution in [1.82, 2.24) is 9.97 Å². The largest absolute Gasteiger partial charge is 0.383 e. The molecule has 22 heavy (non-hydrogen) atoms. The van der Waals surface area contributed by atoms with Crippen LogP contribution in [0.25, 0.3) is 0 Å². The number of nitrogens with zero attached hydrogens (tertiary/aromatic N) is 2. The predicted octanol–water partition coefficient (Wildman–Crippen LogP) is 3.09. The number of benzene rings is 1. The average Bonchev–Trinajstić information content (AvgIpc) is 2.51. The second-order valence-corrected chi connectivity index (χ2v) is 5.13. The number of carbonyl (C=O) groups is 1. The summed E-state index contributed by atoms with van der Waals surface area (Å²) >= 11 is 11.8. The van der Waals surface area contributed by atoms with Gasteiger partial charge in [-0.05, 0) is 18.2 Å². The number of hydrogen-bond acceptors (Lipinski definition) is 5. The zero-order chi connectivity index (χ0) is 15.9. The minimum absolute atomic E-state index is 0.184. The van der Waals surface area contributed by atoms with Crippen molar-refractivity contribution in [3.05, 3.63) is 46.3 Å². The monoisotopic (exact) mass is 340 g/mol. The Morgan fingerprint density at radius 3 is 2.73 bits per heavy atom. The smallest absolute Gasteiger partial charge is 0.275 e. The molecule has 6 nitrogen and oxygen atoms in total. The fraction of sp³-hybridized carbons (Fsp3) is 0.214. The van der Waals surface area contributed by atoms with E-state index in [0.29, 0.717) is 34.7 Å². The molecule has 0 saturated heterocycles. The zero-order valence-corrected chi connectivity index (χ0v) is 13.3. The van der Waals surface area contributed by atoms with Crippen LogP contribution in [0.3, 0.4) is 0 Å². The maximum atomic E-state index is 12.1. The Hall–Kier alpha value is -1.89. The molecule has 8 heteroatoms. The zero-order valence-electron chi connectivity index (χ0n) is 11.8. The highest BCUT2D eigenvalue weighted by Gasteiger charge is 2.10. The van der Waals surface area contributed by atoms with E-state index < -0.39 is 5.91 Å². The molecule has 1 amide bonds. The summed E-state index contributed by atoms with van der Waals surface area (Å²) in [4.78, 5) is 20.2. The van der Waals surface area contributed by atoms with Gasteiger partial charge in [-0.3, -0.25) is 4.79 Å². The molecule has 1 heterocycles. The molecule has 0 radical (unpaired) electrons. The topological polar surface area (TPSA) is 76.1 Å². The van der Waals surface area contributed by atoms with Gasteiger partial charge in [-0.2, -0.15) is 0 Å². The fourth-order valence-corrected chi connectivity index (χ4v) is 2.05. The molecule has 0 atom stereocenters. The lowest BCUT2D eigenvalue weighted by molar-refractivity contribution is 0.102. The van der Waals surface area contributed by atoms with Gasteiger partial charge in [0.15, 0.2) is 0 Å². The van der Waals surface area contributed by atoms with E-state index in [1.165, 1.54) is 12.4 Å². The van der Waals surface area contributed by atoms with E-state index in [4.69, 9.17) is 27.9 Å². The van der Waals surface area contributed by atoms with E-state index in [0.717, 1.165) is 0 Å². The third kappa shape index (κ3) is 4.56. The molecule has 0 spiro atoms. The van der Waals surface area contributed by atoms with Gasteiger partial charge in [-0.15, -0.1) is 0 Å². The molecule has 0 bridgehead atoms. The van der Waals surface area contributed by atoms with Crippen LogP contribution >= 0.6 is 23.2 Å². The minimum atomic E-state index is -0.403. The summed E-state index contributed by atoms with van der Waals surface area (Å²) in [5.41, 5.74) is 0.642. The normalized spacial score (nSPS) is 10.3. The Kier molecular flexibility index (Phi) is 5.94. The van der Waals surface area contributed by atoms with E-state index in [-0.39, 0.29) is 5.69 Å². The van der Waals surface area contributed by atoms with Crippen LogP contribution in [0.2, 0.25) is 10.0 Å². The second kappa shape index (κ2) is 7.93. The Balaban J connectivity index is 2.00. The van der Waals surface area contributed by atoms with Gasteiger partial charge in [-0.25, -0.2) is 9.97 Å². The number of hydrogen-bond donors (Lipinski definition) is 2. The Morgan fingerprint density at radius 1 is 1.27 bits per heavy atom. The molecular weight excluding hydrogens is 327 g/mol. The number of aromatic nitrogens is 2. The van der Waals surface area contributed by atoms with Gasteiger partial charge in [0.25, 0.3) is 5.91 Å². The van der Waals surface area contributed by atoms with Gasteiger partial charge in [0.05, 0.1) is 29.7 Å². The minimum Gasteiger partial charge on any atom is -0.383 e. The van der Waals surface area contributed by atoms with Crippen LogP contribution in [0.4, 0.5) is 11.5 Å². The van der Waals surface area contributed by atoms with E-state index >= 15 is 0 Å². The molecule has 0 aliphatic heterocycles. The van der Waals surface area contributed by atoms with Gasteiger partial charge in [-0.1, -0.05) is 23.2 Å². The number of carbonyl (C=O) groups excluding carboxylic acids is 1. The first kappa shape index (κ1) is 16.5. The van der Waals surface area contributed by atoms with Crippen LogP contribution in [0.15, 0.2) is 30.6 Å². The number of rotatable bonds is 6. The molecule has 0 aliphatic carbocycles. The summed E-state index contributed by atoms with van der Waals surface area (Å²) in [5.74, 6) is 0.165. The molecule has 0 saturated carbocycles. The maximum absolute atomic E-state index is 12.1. The Morgan fingerprint density at radius 2 is 2.09 bits per heavy atom. The maximum Gasteiger partial charge on any atom is 0.275 e. The summed E-state index contributed by atoms with van der Waals surface area (Å²) in [6, 6.07) is 4.81. The number of anilines is 2. The van der Waals surface area contributed by atoms with E-state index in [2.05, 4.69) is 20.6 Å². The third-order valence-corrected chi connectivity index (χ3v) is 3.22. The third-order valence-electron chi connectivity index (χ3n) is 2.68. The van der Waals surface area contributed by atoms with E-state index in [1.54, 1.807) is 25.3 Å². The number of halogens is 2. The molecule has 0 unspecified atom stereocenters. The molecule has 0 aliphatic rings. The van der Waals surface area contributed by atoms with Crippen molar-refractivity contribution in [3.8, 4) is 0 Å². The summed E-state index contributed by atoms with van der Waals surface area (Å²) in [5, 5.41) is 6.51. The van der Waals surface area contributed by atoms with Crippen molar-refractivity contribution in [1.29, 1.82) is 0 Å². The van der Waals surface area contributed by atoms with Crippen molar-refractivity contribution in [2.75, 3.05) is 30.9 Å². The second-order valence-electron chi connectivity index (χ2n) is 4.28. The lowest BCUT2D eigenvalue weighted by Crippen LogP contribution is -2.15. The lowest BCUT2D eigenvalue weighted by Gasteiger charge is -2.08. The number of amides is 1. The Bertz CT molecular complexity index is 650. The predicted molar refractivity (Wildman–Crippen MR) is 86.8 cm³/mol. The van der Waals surface area contributed by atoms with E-state index in [9.17, 15) is 4.79 Å². The van der Waals surface area contributed by atoms with Crippen LogP contribution in [-0.2, 0) is 4.74 Å². The highest BCUT2D eigenvalue weighted by molar-refractivity contribution is 6.36. The molecule has 2 N–H and O–H groups in total. The van der Waals surface area contributed by atoms with Gasteiger partial charge < -0.3 is 15.4 Å². The van der Waals surface area contributed by atoms with Gasteiger partial charge in [0, 0.05) is 18.7 Å². The van der Waals surface area contributed by atoms with Gasteiger partial charge in [0.2, 0.25) is 0 Å². The molecule has 2 aromatic rings. The summed E-state index contributed by atoms with van der Waals surface area (Å²) in [6.07, 6.45) is 2.86. The quantitative estimate of drug-likeness (QED) is 0.790. The van der Waals surface area contributed by atoms with Crippen LogP contribution in [0.1, 0.15) is 10.5 Å². The number of methoxy groups -OCH3 is 1. The van der Waals surface area contributed by atoms with Crippen molar-refractivity contribution >= 4 is 40.6 Å². The first-order chi connectivity index (χ1) is 10.6. The first-order valence-electron chi connectivity index (χ1n) is 6.41. The van der Waals surface area contributed by atoms with E-state index in [1.807, 2.05) is 0 Å². The highest BCUT2D eigenvalue weighted by atomic mass is 35.5. The van der Waals surface area contributed by atoms with Crippen molar-refractivity contribution < 1.29 is 9.53 Å². The molecule has 1 aromatic carbocycles. The molecular formula is C14H14Cl2N4O2. The molecule has 1 aromatic heterocycles. The standard InChI is InChI=1S/C14H14Cl2N4O2/c1-22-5-4-17-13-8-18-12(7-19-13)14(21)20-11-3-2-9(15)6-10(11)16/h2-3,6-8H,4-5H2,1H3,(H,17,19)(H,20,21). The average molecular weight is 341 g/mol. The Labute approximate surface area is 137 Å². The van der Waals surface area contributed by atoms with Crippen molar-refractivity contribution in [2.24, 2.45) is 0 Å². The van der Waals surface area contributed by atoms with Crippen molar-refractivity contribution in [3.63, 3.8) is 0 Å². The number of ether oxygens (including phenoxy) is 1. The lowest BCUT2D eigenvalue weighted by atomic mass is 10.3. The SMILES string of the molecule is COCCNc1cnc(C(=O)Nc2ccc(Cl)cc2Cl)cn1. The molecule has 2 rings (SSSR count). The summed E-state index contributed by atoms with van der Waals surface area (Å²) in [7, 11) is 1.61. The van der Waals surface area contributed by atoms with Crippen LogP contribution in [0, 0.1) is 0 Å². The van der Waals surface area contributed by atoms with Gasteiger partial charge in [0.1, 0.15) is 11.5 Å². The summed E-state index contributed by atoms with van der Waals surface area (Å²) in [6.45, 7) is 1.16. The number of nitrogens with one attached hydrogen (secondary N) is 2. The van der Waals surface area contributed by atoms with Gasteiger partial charge >= 0.3 is 0 Å². The van der Waals surface area contributed by atoms with Crippen LogP contribution in [-0.4, -0.2) is 36.1 Å². The molecule has 116 valence electrons. The first-order valence-corrected chi connectivity index (χ1v) is 7.17. The summed E-state index contributed by atoms with van der Waals surface area (Å²) < 4.78 is 4.91. The van der Waals surface area contributed by atoms with Crippen molar-refractivity contribution in [2.45, 2.75) is 0 Å². The van der Waals surface area contributed by atoms with Crippen LogP contribution < -0.4 is 10.6 Å². The highest BCUT2D eigenvalue weighted by Crippen LogP contribution is 2.25. The molecule has 0 fully saturated rings. The van der Waals surface area contributed by atoms with Crippen LogP contribution in [0.5, 0.6) is 0 Å².